The van der Waals surface area contributed by atoms with Gasteiger partial charge in [0, 0.05) is 36.7 Å². The molecule has 0 bridgehead atoms. The fourth-order valence-corrected chi connectivity index (χ4v) is 6.44. The number of benzene rings is 4. The van der Waals surface area contributed by atoms with Gasteiger partial charge in [-0.1, -0.05) is 54.6 Å². The van der Waals surface area contributed by atoms with Crippen molar-refractivity contribution in [2.45, 2.75) is 37.8 Å². The van der Waals surface area contributed by atoms with Crippen LogP contribution >= 0.6 is 0 Å². The van der Waals surface area contributed by atoms with E-state index in [0.29, 0.717) is 5.75 Å². The molecule has 1 N–H and O–H groups in total. The highest BCUT2D eigenvalue weighted by molar-refractivity contribution is 7.92. The summed E-state index contributed by atoms with van der Waals surface area (Å²) in [5.41, 5.74) is 0.749. The van der Waals surface area contributed by atoms with Crippen molar-refractivity contribution < 1.29 is 32.1 Å². The normalized spacial score (nSPS) is 11.7. The summed E-state index contributed by atoms with van der Waals surface area (Å²) in [5.74, 6) is -1.49. The van der Waals surface area contributed by atoms with Crippen molar-refractivity contribution in [1.82, 2.24) is 10.2 Å². The number of hydrogen-bond acceptors (Lipinski definition) is 7. The van der Waals surface area contributed by atoms with E-state index in [-0.39, 0.29) is 36.3 Å². The molecule has 4 aromatic rings. The fourth-order valence-electron chi connectivity index (χ4n) is 5.01. The van der Waals surface area contributed by atoms with Crippen LogP contribution in [0.25, 0.3) is 0 Å². The van der Waals surface area contributed by atoms with E-state index in [4.69, 9.17) is 4.74 Å². The smallest absolute Gasteiger partial charge is 0.273 e. The number of anilines is 1. The summed E-state index contributed by atoms with van der Waals surface area (Å²) in [7, 11) is -3.17. The van der Waals surface area contributed by atoms with Gasteiger partial charge in [0.05, 0.1) is 22.6 Å². The molecule has 47 heavy (non-hydrogen) atoms. The molecule has 0 aliphatic heterocycles. The van der Waals surface area contributed by atoms with Crippen LogP contribution in [0.3, 0.4) is 0 Å². The number of nitrogens with zero attached hydrogens (tertiary/aromatic N) is 3. The minimum atomic E-state index is -4.61. The highest BCUT2D eigenvalue weighted by Gasteiger charge is 2.35. The molecule has 0 radical (unpaired) electrons. The number of amides is 2. The Hall–Kier alpha value is -5.30. The lowest BCUT2D eigenvalue weighted by atomic mass is 10.0. The van der Waals surface area contributed by atoms with Crippen LogP contribution in [0.2, 0.25) is 0 Å². The molecule has 4 aromatic carbocycles. The van der Waals surface area contributed by atoms with Gasteiger partial charge in [0.25, 0.3) is 15.7 Å². The molecule has 0 heterocycles. The average Bonchev–Trinajstić information content (AvgIpc) is 3.06. The van der Waals surface area contributed by atoms with E-state index in [1.807, 2.05) is 0 Å². The Morgan fingerprint density at radius 2 is 1.64 bits per heavy atom. The molecular weight excluding hydrogens is 627 g/mol. The average molecular weight is 663 g/mol. The Balaban J connectivity index is 1.84. The van der Waals surface area contributed by atoms with Crippen molar-refractivity contribution in [1.29, 1.82) is 0 Å². The topological polar surface area (TPSA) is 139 Å². The number of hydrogen-bond donors (Lipinski definition) is 1. The van der Waals surface area contributed by atoms with Crippen molar-refractivity contribution in [3.05, 3.63) is 130 Å². The number of carbonyl (C=O) groups is 2. The van der Waals surface area contributed by atoms with Crippen LogP contribution in [0.5, 0.6) is 5.75 Å². The number of carbonyl (C=O) groups excluding carboxylic acids is 2. The number of halogens is 1. The van der Waals surface area contributed by atoms with Crippen molar-refractivity contribution >= 4 is 33.2 Å². The van der Waals surface area contributed by atoms with Crippen LogP contribution in [0.1, 0.15) is 23.6 Å². The van der Waals surface area contributed by atoms with Crippen molar-refractivity contribution in [2.75, 3.05) is 24.5 Å². The van der Waals surface area contributed by atoms with E-state index >= 15 is 0 Å². The summed E-state index contributed by atoms with van der Waals surface area (Å²) >= 11 is 0. The molecule has 0 unspecified atom stereocenters. The first-order valence-electron chi connectivity index (χ1n) is 14.7. The number of aryl methyl sites for hydroxylation is 1. The zero-order chi connectivity index (χ0) is 34.1. The summed E-state index contributed by atoms with van der Waals surface area (Å²) in [4.78, 5) is 39.7. The van der Waals surface area contributed by atoms with Crippen molar-refractivity contribution in [3.8, 4) is 5.75 Å². The molecule has 0 aliphatic rings. The molecule has 0 spiro atoms. The first kappa shape index (κ1) is 34.6. The Kier molecular flexibility index (Phi) is 11.3. The number of ether oxygens (including phenoxy) is 1. The summed E-state index contributed by atoms with van der Waals surface area (Å²) < 4.78 is 49.4. The maximum absolute atomic E-state index is 15.0. The summed E-state index contributed by atoms with van der Waals surface area (Å²) in [6.45, 7) is 2.31. The third-order valence-electron chi connectivity index (χ3n) is 7.53. The highest BCUT2D eigenvalue weighted by Crippen LogP contribution is 2.30. The lowest BCUT2D eigenvalue weighted by Crippen LogP contribution is -2.53. The molecule has 13 heteroatoms. The van der Waals surface area contributed by atoms with Crippen molar-refractivity contribution in [2.24, 2.45) is 0 Å². The van der Waals surface area contributed by atoms with E-state index < -0.39 is 55.7 Å². The molecule has 0 aromatic heterocycles. The molecule has 0 saturated heterocycles. The minimum absolute atomic E-state index is 0.0610. The van der Waals surface area contributed by atoms with Crippen LogP contribution in [0.15, 0.2) is 102 Å². The van der Waals surface area contributed by atoms with Gasteiger partial charge in [-0.25, -0.2) is 12.8 Å². The van der Waals surface area contributed by atoms with Crippen LogP contribution in [0.4, 0.5) is 15.8 Å². The Morgan fingerprint density at radius 1 is 0.979 bits per heavy atom. The fraction of sp³-hybridized carbons (Fsp3) is 0.235. The second-order valence-electron chi connectivity index (χ2n) is 10.6. The van der Waals surface area contributed by atoms with Gasteiger partial charge in [0.1, 0.15) is 24.2 Å². The third kappa shape index (κ3) is 8.30. The largest absolute Gasteiger partial charge is 0.497 e. The first-order chi connectivity index (χ1) is 22.5. The molecule has 0 fully saturated rings. The van der Waals surface area contributed by atoms with E-state index in [0.717, 1.165) is 15.9 Å². The number of rotatable bonds is 14. The number of nitro benzene ring substituents is 1. The number of likely N-dealkylation sites (N-methyl/N-ethyl adjacent to an activating group) is 1. The number of nitro groups is 1. The molecule has 4 rings (SSSR count). The Labute approximate surface area is 272 Å². The SMILES string of the molecule is CCNC(=O)[C@H](Cc1ccccc1)N(Cc1ccccc1F)C(=O)CN(c1ccc(OC)cc1)S(=O)(=O)c1ccc(C)c([N+](=O)[O-])c1. The Bertz CT molecular complexity index is 1840. The van der Waals surface area contributed by atoms with Crippen LogP contribution < -0.4 is 14.4 Å². The maximum Gasteiger partial charge on any atom is 0.273 e. The standard InChI is InChI=1S/C34H35FN4O7S/c1-4-36-34(41)32(20-25-10-6-5-7-11-25)37(22-26-12-8-9-13-30(26)35)33(40)23-38(27-15-17-28(46-3)18-16-27)47(44,45)29-19-14-24(2)31(21-29)39(42)43/h5-19,21,32H,4,20,22-23H2,1-3H3,(H,36,41)/t32-/m0/s1. The zero-order valence-corrected chi connectivity index (χ0v) is 26.9. The number of methoxy groups -OCH3 is 1. The van der Waals surface area contributed by atoms with Gasteiger partial charge >= 0.3 is 0 Å². The van der Waals surface area contributed by atoms with Crippen LogP contribution in [-0.2, 0) is 32.6 Å². The molecular formula is C34H35FN4O7S. The van der Waals surface area contributed by atoms with E-state index in [1.165, 1.54) is 73.5 Å². The molecule has 0 aliphatic carbocycles. The van der Waals surface area contributed by atoms with E-state index in [2.05, 4.69) is 5.32 Å². The quantitative estimate of drug-likeness (QED) is 0.148. The number of sulfonamides is 1. The van der Waals surface area contributed by atoms with Crippen LogP contribution in [0, 0.1) is 22.9 Å². The summed E-state index contributed by atoms with van der Waals surface area (Å²) in [5, 5.41) is 14.4. The van der Waals surface area contributed by atoms with Gasteiger partial charge in [-0.05, 0) is 55.8 Å². The molecule has 1 atom stereocenters. The predicted molar refractivity (Wildman–Crippen MR) is 175 cm³/mol. The lowest BCUT2D eigenvalue weighted by Gasteiger charge is -2.34. The maximum atomic E-state index is 15.0. The second-order valence-corrected chi connectivity index (χ2v) is 12.5. The van der Waals surface area contributed by atoms with Gasteiger partial charge < -0.3 is 15.0 Å². The van der Waals surface area contributed by atoms with Gasteiger partial charge in [-0.2, -0.15) is 0 Å². The van der Waals surface area contributed by atoms with Gasteiger partial charge in [-0.15, -0.1) is 0 Å². The third-order valence-corrected chi connectivity index (χ3v) is 9.30. The Morgan fingerprint density at radius 3 is 2.26 bits per heavy atom. The summed E-state index contributed by atoms with van der Waals surface area (Å²) in [6.07, 6.45) is 0.0618. The second kappa shape index (κ2) is 15.3. The zero-order valence-electron chi connectivity index (χ0n) is 26.1. The van der Waals surface area contributed by atoms with Crippen LogP contribution in [-0.4, -0.2) is 56.3 Å². The van der Waals surface area contributed by atoms with Gasteiger partial charge in [0.2, 0.25) is 11.8 Å². The number of nitrogens with one attached hydrogen (secondary N) is 1. The monoisotopic (exact) mass is 662 g/mol. The van der Waals surface area contributed by atoms with E-state index in [1.54, 1.807) is 43.3 Å². The highest BCUT2D eigenvalue weighted by atomic mass is 32.2. The minimum Gasteiger partial charge on any atom is -0.497 e. The lowest BCUT2D eigenvalue weighted by molar-refractivity contribution is -0.385. The van der Waals surface area contributed by atoms with Crippen molar-refractivity contribution in [3.63, 3.8) is 0 Å². The van der Waals surface area contributed by atoms with Gasteiger partial charge in [0.15, 0.2) is 0 Å². The first-order valence-corrected chi connectivity index (χ1v) is 16.2. The molecule has 246 valence electrons. The molecule has 11 nitrogen and oxygen atoms in total. The predicted octanol–water partition coefficient (Wildman–Crippen LogP) is 5.02. The molecule has 0 saturated carbocycles. The van der Waals surface area contributed by atoms with Gasteiger partial charge in [-0.3, -0.25) is 24.0 Å². The summed E-state index contributed by atoms with van der Waals surface area (Å²) in [6, 6.07) is 22.9. The molecule has 2 amide bonds. The van der Waals surface area contributed by atoms with E-state index in [9.17, 15) is 32.5 Å².